The smallest absolute Gasteiger partial charge is 0.315 e. The summed E-state index contributed by atoms with van der Waals surface area (Å²) in [5, 5.41) is 11.0. The standard InChI is InChI=1S/C11H11N5O4/c1-19-6-2-3-8(7(4-6)16(17)18)20-10-5-9(12)14-11(13)15-10/h2-5H,1H3,(H4,12,13,14,15). The van der Waals surface area contributed by atoms with Gasteiger partial charge in [0.1, 0.15) is 11.6 Å². The molecule has 20 heavy (non-hydrogen) atoms. The molecular formula is C11H11N5O4. The number of nitrogens with two attached hydrogens (primary N) is 2. The van der Waals surface area contributed by atoms with Gasteiger partial charge in [-0.15, -0.1) is 0 Å². The molecule has 0 aliphatic heterocycles. The minimum absolute atomic E-state index is 0.00620. The zero-order chi connectivity index (χ0) is 14.7. The molecule has 0 unspecified atom stereocenters. The minimum atomic E-state index is -0.592. The van der Waals surface area contributed by atoms with Crippen LogP contribution in [0.25, 0.3) is 0 Å². The van der Waals surface area contributed by atoms with Crippen LogP contribution in [0.3, 0.4) is 0 Å². The maximum atomic E-state index is 11.0. The summed E-state index contributed by atoms with van der Waals surface area (Å²) in [6.45, 7) is 0. The molecule has 0 bridgehead atoms. The van der Waals surface area contributed by atoms with E-state index in [4.69, 9.17) is 20.9 Å². The number of nitro groups is 1. The molecule has 2 aromatic rings. The van der Waals surface area contributed by atoms with Crippen LogP contribution in [0.5, 0.6) is 17.4 Å². The Balaban J connectivity index is 2.39. The number of hydrogen-bond donors (Lipinski definition) is 2. The molecule has 2 rings (SSSR count). The van der Waals surface area contributed by atoms with Crippen molar-refractivity contribution in [1.82, 2.24) is 9.97 Å². The van der Waals surface area contributed by atoms with E-state index in [1.807, 2.05) is 0 Å². The monoisotopic (exact) mass is 277 g/mol. The average Bonchev–Trinajstić information content (AvgIpc) is 2.37. The molecule has 0 radical (unpaired) electrons. The summed E-state index contributed by atoms with van der Waals surface area (Å²) in [6.07, 6.45) is 0. The first-order chi connectivity index (χ1) is 9.49. The van der Waals surface area contributed by atoms with Crippen molar-refractivity contribution in [3.05, 3.63) is 34.4 Å². The zero-order valence-electron chi connectivity index (χ0n) is 10.4. The average molecular weight is 277 g/mol. The summed E-state index contributed by atoms with van der Waals surface area (Å²) in [5.74, 6) is 0.363. The van der Waals surface area contributed by atoms with Crippen LogP contribution in [0.2, 0.25) is 0 Å². The molecule has 0 fully saturated rings. The van der Waals surface area contributed by atoms with Crippen LogP contribution in [-0.4, -0.2) is 22.0 Å². The molecule has 9 nitrogen and oxygen atoms in total. The second-order valence-corrected chi connectivity index (χ2v) is 3.68. The first-order valence-electron chi connectivity index (χ1n) is 5.40. The number of ether oxygens (including phenoxy) is 2. The van der Waals surface area contributed by atoms with Gasteiger partial charge in [0.15, 0.2) is 0 Å². The third-order valence-electron chi connectivity index (χ3n) is 2.32. The topological polar surface area (TPSA) is 139 Å². The van der Waals surface area contributed by atoms with Crippen molar-refractivity contribution in [3.8, 4) is 17.4 Å². The number of nitro benzene ring substituents is 1. The van der Waals surface area contributed by atoms with Gasteiger partial charge in [0.2, 0.25) is 17.6 Å². The van der Waals surface area contributed by atoms with Gasteiger partial charge in [-0.05, 0) is 12.1 Å². The number of methoxy groups -OCH3 is 1. The molecule has 1 aromatic heterocycles. The lowest BCUT2D eigenvalue weighted by molar-refractivity contribution is -0.385. The van der Waals surface area contributed by atoms with Gasteiger partial charge in [-0.1, -0.05) is 0 Å². The van der Waals surface area contributed by atoms with E-state index in [2.05, 4.69) is 9.97 Å². The SMILES string of the molecule is COc1ccc(Oc2cc(N)nc(N)n2)c([N+](=O)[O-])c1. The molecule has 0 aliphatic carbocycles. The number of benzene rings is 1. The van der Waals surface area contributed by atoms with Gasteiger partial charge >= 0.3 is 5.69 Å². The molecule has 0 amide bonds. The summed E-state index contributed by atoms with van der Waals surface area (Å²) in [4.78, 5) is 17.9. The van der Waals surface area contributed by atoms with Crippen molar-refractivity contribution in [2.75, 3.05) is 18.6 Å². The van der Waals surface area contributed by atoms with E-state index >= 15 is 0 Å². The predicted octanol–water partition coefficient (Wildman–Crippen LogP) is 1.35. The van der Waals surface area contributed by atoms with Crippen LogP contribution in [0.15, 0.2) is 24.3 Å². The van der Waals surface area contributed by atoms with Gasteiger partial charge in [-0.3, -0.25) is 10.1 Å². The largest absolute Gasteiger partial charge is 0.496 e. The summed E-state index contributed by atoms with van der Waals surface area (Å²) < 4.78 is 10.2. The Morgan fingerprint density at radius 2 is 2.00 bits per heavy atom. The van der Waals surface area contributed by atoms with Gasteiger partial charge in [0.25, 0.3) is 0 Å². The van der Waals surface area contributed by atoms with E-state index in [1.165, 1.54) is 31.4 Å². The van der Waals surface area contributed by atoms with Crippen LogP contribution >= 0.6 is 0 Å². The van der Waals surface area contributed by atoms with Gasteiger partial charge < -0.3 is 20.9 Å². The highest BCUT2D eigenvalue weighted by molar-refractivity contribution is 5.52. The van der Waals surface area contributed by atoms with E-state index in [1.54, 1.807) is 0 Å². The Bertz CT molecular complexity index is 641. The summed E-state index contributed by atoms with van der Waals surface area (Å²) in [6, 6.07) is 5.47. The minimum Gasteiger partial charge on any atom is -0.496 e. The van der Waals surface area contributed by atoms with Crippen LogP contribution in [0.1, 0.15) is 0 Å². The fourth-order valence-electron chi connectivity index (χ4n) is 1.48. The van der Waals surface area contributed by atoms with Crippen molar-refractivity contribution in [3.63, 3.8) is 0 Å². The molecule has 0 atom stereocenters. The Hall–Kier alpha value is -3.10. The highest BCUT2D eigenvalue weighted by atomic mass is 16.6. The Kier molecular flexibility index (Phi) is 3.51. The number of rotatable bonds is 4. The molecule has 0 aliphatic rings. The first kappa shape index (κ1) is 13.3. The summed E-state index contributed by atoms with van der Waals surface area (Å²) >= 11 is 0. The molecule has 0 saturated heterocycles. The van der Waals surface area contributed by atoms with Crippen LogP contribution in [0, 0.1) is 10.1 Å². The zero-order valence-corrected chi connectivity index (χ0v) is 10.4. The lowest BCUT2D eigenvalue weighted by atomic mass is 10.3. The molecule has 9 heteroatoms. The molecule has 0 saturated carbocycles. The van der Waals surface area contributed by atoms with Crippen molar-refractivity contribution < 1.29 is 14.4 Å². The highest BCUT2D eigenvalue weighted by Gasteiger charge is 2.18. The number of nitrogens with zero attached hydrogens (tertiary/aromatic N) is 3. The van der Waals surface area contributed by atoms with Gasteiger partial charge in [-0.25, -0.2) is 0 Å². The van der Waals surface area contributed by atoms with E-state index in [0.717, 1.165) is 0 Å². The molecule has 1 heterocycles. The maximum Gasteiger partial charge on any atom is 0.315 e. The van der Waals surface area contributed by atoms with Crippen molar-refractivity contribution >= 4 is 17.5 Å². The van der Waals surface area contributed by atoms with Crippen molar-refractivity contribution in [1.29, 1.82) is 0 Å². The fraction of sp³-hybridized carbons (Fsp3) is 0.0909. The van der Waals surface area contributed by atoms with Gasteiger partial charge in [0, 0.05) is 6.07 Å². The van der Waals surface area contributed by atoms with Gasteiger partial charge in [-0.2, -0.15) is 9.97 Å². The summed E-state index contributed by atoms with van der Waals surface area (Å²) in [5.41, 5.74) is 10.6. The lowest BCUT2D eigenvalue weighted by Crippen LogP contribution is -2.01. The van der Waals surface area contributed by atoms with E-state index in [9.17, 15) is 10.1 Å². The van der Waals surface area contributed by atoms with E-state index in [0.29, 0.717) is 5.75 Å². The molecule has 1 aromatic carbocycles. The molecular weight excluding hydrogens is 266 g/mol. The first-order valence-corrected chi connectivity index (χ1v) is 5.40. The molecule has 104 valence electrons. The quantitative estimate of drug-likeness (QED) is 0.630. The normalized spacial score (nSPS) is 10.1. The highest BCUT2D eigenvalue weighted by Crippen LogP contribution is 2.34. The number of nitrogen functional groups attached to an aromatic ring is 2. The van der Waals surface area contributed by atoms with Crippen LogP contribution in [-0.2, 0) is 0 Å². The summed E-state index contributed by atoms with van der Waals surface area (Å²) in [7, 11) is 1.41. The van der Waals surface area contributed by atoms with Crippen LogP contribution < -0.4 is 20.9 Å². The van der Waals surface area contributed by atoms with Gasteiger partial charge in [0.05, 0.1) is 18.1 Å². The third-order valence-corrected chi connectivity index (χ3v) is 2.32. The number of anilines is 2. The maximum absolute atomic E-state index is 11.0. The second-order valence-electron chi connectivity index (χ2n) is 3.68. The van der Waals surface area contributed by atoms with Crippen molar-refractivity contribution in [2.24, 2.45) is 0 Å². The number of aromatic nitrogens is 2. The fourth-order valence-corrected chi connectivity index (χ4v) is 1.48. The molecule has 4 N–H and O–H groups in total. The second kappa shape index (κ2) is 5.26. The van der Waals surface area contributed by atoms with E-state index in [-0.39, 0.29) is 29.1 Å². The Morgan fingerprint density at radius 3 is 2.60 bits per heavy atom. The third kappa shape index (κ3) is 2.83. The number of hydrogen-bond acceptors (Lipinski definition) is 8. The van der Waals surface area contributed by atoms with E-state index < -0.39 is 4.92 Å². The predicted molar refractivity (Wildman–Crippen MR) is 70.6 cm³/mol. The molecule has 0 spiro atoms. The lowest BCUT2D eigenvalue weighted by Gasteiger charge is -2.07. The van der Waals surface area contributed by atoms with Crippen molar-refractivity contribution in [2.45, 2.75) is 0 Å². The Morgan fingerprint density at radius 1 is 1.25 bits per heavy atom. The Labute approximate surface area is 113 Å². The van der Waals surface area contributed by atoms with Crippen LogP contribution in [0.4, 0.5) is 17.5 Å².